The van der Waals surface area contributed by atoms with E-state index in [0.29, 0.717) is 10.0 Å². The van der Waals surface area contributed by atoms with Crippen LogP contribution in [0.3, 0.4) is 0 Å². The summed E-state index contributed by atoms with van der Waals surface area (Å²) in [7, 11) is 3.27. The van der Waals surface area contributed by atoms with Gasteiger partial charge in [-0.05, 0) is 17.2 Å². The molecule has 146 valence electrons. The fraction of sp³-hybridized carbons (Fsp3) is 0.136. The fourth-order valence-electron chi connectivity index (χ4n) is 3.30. The van der Waals surface area contributed by atoms with Gasteiger partial charge in [0.25, 0.3) is 0 Å². The number of nitrogens with zero attached hydrogens (tertiary/aromatic N) is 2. The van der Waals surface area contributed by atoms with Crippen LogP contribution in [0.15, 0.2) is 60.8 Å². The number of carbonyl (C=O) groups excluding carboxylic acids is 2. The Morgan fingerprint density at radius 3 is 2.59 bits per heavy atom. The number of amides is 1. The molecule has 1 N–H and O–H groups in total. The van der Waals surface area contributed by atoms with Gasteiger partial charge in [0.1, 0.15) is 0 Å². The van der Waals surface area contributed by atoms with Crippen molar-refractivity contribution in [2.45, 2.75) is 6.42 Å². The summed E-state index contributed by atoms with van der Waals surface area (Å²) in [5.74, 6) is -0.721. The molecular weight excluding hydrogens is 386 g/mol. The Labute approximate surface area is 171 Å². The zero-order valence-corrected chi connectivity index (χ0v) is 16.8. The first-order valence-corrected chi connectivity index (χ1v) is 9.86. The van der Waals surface area contributed by atoms with E-state index >= 15 is 0 Å². The van der Waals surface area contributed by atoms with Gasteiger partial charge in [-0.15, -0.1) is 0 Å². The lowest BCUT2D eigenvalue weighted by Gasteiger charge is -2.01. The smallest absolute Gasteiger partial charge is 0.358 e. The monoisotopic (exact) mass is 405 g/mol. The van der Waals surface area contributed by atoms with Gasteiger partial charge in [0, 0.05) is 24.1 Å². The van der Waals surface area contributed by atoms with Gasteiger partial charge in [-0.3, -0.25) is 4.79 Å². The van der Waals surface area contributed by atoms with Crippen LogP contribution in [-0.4, -0.2) is 28.5 Å². The van der Waals surface area contributed by atoms with Gasteiger partial charge in [0.15, 0.2) is 10.8 Å². The summed E-state index contributed by atoms with van der Waals surface area (Å²) in [4.78, 5) is 29.8. The molecule has 4 rings (SSSR count). The van der Waals surface area contributed by atoms with Gasteiger partial charge >= 0.3 is 5.97 Å². The molecule has 6 nitrogen and oxygen atoms in total. The summed E-state index contributed by atoms with van der Waals surface area (Å²) >= 11 is 1.25. The second-order valence-electron chi connectivity index (χ2n) is 6.56. The van der Waals surface area contributed by atoms with Crippen molar-refractivity contribution in [3.05, 3.63) is 72.1 Å². The molecule has 2 heterocycles. The molecule has 0 unspecified atom stereocenters. The molecule has 0 fully saturated rings. The van der Waals surface area contributed by atoms with Gasteiger partial charge < -0.3 is 14.6 Å². The number of thiazole rings is 1. The number of ether oxygens (including phenoxy) is 1. The van der Waals surface area contributed by atoms with Crippen LogP contribution in [0.25, 0.3) is 21.3 Å². The number of nitrogens with one attached hydrogen (secondary N) is 1. The molecule has 7 heteroatoms. The second-order valence-corrected chi connectivity index (χ2v) is 7.56. The number of rotatable bonds is 5. The maximum atomic E-state index is 12.7. The lowest BCUT2D eigenvalue weighted by molar-refractivity contribution is -0.115. The Kier molecular flexibility index (Phi) is 5.14. The average molecular weight is 405 g/mol. The first-order valence-electron chi connectivity index (χ1n) is 9.04. The molecule has 0 spiro atoms. The van der Waals surface area contributed by atoms with Crippen LogP contribution < -0.4 is 5.32 Å². The van der Waals surface area contributed by atoms with Crippen molar-refractivity contribution in [3.63, 3.8) is 0 Å². The van der Waals surface area contributed by atoms with Crippen LogP contribution in [0.5, 0.6) is 0 Å². The van der Waals surface area contributed by atoms with E-state index in [1.807, 2.05) is 72.4 Å². The normalized spacial score (nSPS) is 10.8. The molecule has 29 heavy (non-hydrogen) atoms. The number of methoxy groups -OCH3 is 1. The lowest BCUT2D eigenvalue weighted by atomic mass is 10.1. The summed E-state index contributed by atoms with van der Waals surface area (Å²) in [5.41, 5.74) is 3.06. The maximum Gasteiger partial charge on any atom is 0.358 e. The quantitative estimate of drug-likeness (QED) is 0.503. The van der Waals surface area contributed by atoms with E-state index in [0.717, 1.165) is 22.0 Å². The van der Waals surface area contributed by atoms with E-state index in [1.54, 1.807) is 0 Å². The highest BCUT2D eigenvalue weighted by Crippen LogP contribution is 2.33. The van der Waals surface area contributed by atoms with Crippen LogP contribution in [0, 0.1) is 0 Å². The van der Waals surface area contributed by atoms with Gasteiger partial charge in [-0.2, -0.15) is 0 Å². The minimum atomic E-state index is -0.533. The number of fused-ring (bicyclic) bond motifs is 1. The summed E-state index contributed by atoms with van der Waals surface area (Å²) in [6.07, 6.45) is 2.18. The molecule has 0 aliphatic rings. The number of carbonyl (C=O) groups is 2. The Morgan fingerprint density at radius 2 is 1.83 bits per heavy atom. The Morgan fingerprint density at radius 1 is 1.10 bits per heavy atom. The highest BCUT2D eigenvalue weighted by molar-refractivity contribution is 7.19. The molecule has 0 aliphatic carbocycles. The zero-order valence-electron chi connectivity index (χ0n) is 16.0. The number of aromatic nitrogens is 2. The number of para-hydroxylation sites is 1. The van der Waals surface area contributed by atoms with E-state index in [-0.39, 0.29) is 18.0 Å². The van der Waals surface area contributed by atoms with Crippen LogP contribution >= 0.6 is 11.3 Å². The molecule has 0 atom stereocenters. The van der Waals surface area contributed by atoms with E-state index in [2.05, 4.69) is 10.3 Å². The average Bonchev–Trinajstić information content (AvgIpc) is 3.30. The third-order valence-corrected chi connectivity index (χ3v) is 5.64. The highest BCUT2D eigenvalue weighted by Gasteiger charge is 2.21. The van der Waals surface area contributed by atoms with Crippen molar-refractivity contribution in [2.75, 3.05) is 12.4 Å². The molecule has 0 radical (unpaired) electrons. The molecule has 1 amide bonds. The zero-order chi connectivity index (χ0) is 20.4. The summed E-state index contributed by atoms with van der Waals surface area (Å²) in [6.45, 7) is 0. The van der Waals surface area contributed by atoms with Crippen LogP contribution in [0.1, 0.15) is 16.1 Å². The number of hydrogen-bond donors (Lipinski definition) is 1. The molecule has 0 bridgehead atoms. The van der Waals surface area contributed by atoms with Gasteiger partial charge in [0.2, 0.25) is 5.91 Å². The SMILES string of the molecule is COC(=O)c1nc(NC(=O)Cc2cn(C)c3ccccc23)sc1-c1ccccc1. The summed E-state index contributed by atoms with van der Waals surface area (Å²) in [5, 5.41) is 4.24. The van der Waals surface area contributed by atoms with Crippen LogP contribution in [0.4, 0.5) is 5.13 Å². The van der Waals surface area contributed by atoms with E-state index in [1.165, 1.54) is 18.4 Å². The van der Waals surface area contributed by atoms with Crippen molar-refractivity contribution in [1.29, 1.82) is 0 Å². The number of esters is 1. The number of aryl methyl sites for hydroxylation is 1. The first-order chi connectivity index (χ1) is 14.1. The third kappa shape index (κ3) is 3.77. The number of benzene rings is 2. The minimum Gasteiger partial charge on any atom is -0.464 e. The molecule has 4 aromatic rings. The molecular formula is C22H19N3O3S. The second kappa shape index (κ2) is 7.89. The van der Waals surface area contributed by atoms with Crippen molar-refractivity contribution in [2.24, 2.45) is 7.05 Å². The van der Waals surface area contributed by atoms with E-state index in [9.17, 15) is 9.59 Å². The largest absolute Gasteiger partial charge is 0.464 e. The molecule has 0 saturated heterocycles. The van der Waals surface area contributed by atoms with Gasteiger partial charge in [-0.1, -0.05) is 59.9 Å². The molecule has 0 saturated carbocycles. The minimum absolute atomic E-state index is 0.189. The Bertz CT molecular complexity index is 1190. The standard InChI is InChI=1S/C22H19N3O3S/c1-25-13-15(16-10-6-7-11-17(16)25)12-18(26)23-22-24-19(21(27)28-2)20(29-22)14-8-4-3-5-9-14/h3-11,13H,12H2,1-2H3,(H,23,24,26). The molecule has 0 aliphatic heterocycles. The van der Waals surface area contributed by atoms with Crippen LogP contribution in [-0.2, 0) is 23.0 Å². The summed E-state index contributed by atoms with van der Waals surface area (Å²) in [6, 6.07) is 17.4. The lowest BCUT2D eigenvalue weighted by Crippen LogP contribution is -2.14. The number of hydrogen-bond acceptors (Lipinski definition) is 5. The van der Waals surface area contributed by atoms with Gasteiger partial charge in [0.05, 0.1) is 18.4 Å². The van der Waals surface area contributed by atoms with Crippen molar-refractivity contribution >= 4 is 39.2 Å². The fourth-order valence-corrected chi connectivity index (χ4v) is 4.27. The Hall–Kier alpha value is -3.45. The van der Waals surface area contributed by atoms with Crippen LogP contribution in [0.2, 0.25) is 0 Å². The van der Waals surface area contributed by atoms with Crippen molar-refractivity contribution in [1.82, 2.24) is 9.55 Å². The van der Waals surface area contributed by atoms with E-state index < -0.39 is 5.97 Å². The van der Waals surface area contributed by atoms with Gasteiger partial charge in [-0.25, -0.2) is 9.78 Å². The first kappa shape index (κ1) is 18.9. The summed E-state index contributed by atoms with van der Waals surface area (Å²) < 4.78 is 6.86. The molecule has 2 aromatic carbocycles. The van der Waals surface area contributed by atoms with Crippen molar-refractivity contribution in [3.8, 4) is 10.4 Å². The van der Waals surface area contributed by atoms with Crippen molar-refractivity contribution < 1.29 is 14.3 Å². The maximum absolute atomic E-state index is 12.7. The molecule has 2 aromatic heterocycles. The number of anilines is 1. The third-order valence-electron chi connectivity index (χ3n) is 4.62. The topological polar surface area (TPSA) is 73.2 Å². The predicted molar refractivity (Wildman–Crippen MR) is 114 cm³/mol. The predicted octanol–water partition coefficient (Wildman–Crippen LogP) is 4.27. The highest BCUT2D eigenvalue weighted by atomic mass is 32.1. The van der Waals surface area contributed by atoms with E-state index in [4.69, 9.17) is 4.74 Å². The Balaban J connectivity index is 1.60.